The van der Waals surface area contributed by atoms with Crippen molar-refractivity contribution < 1.29 is 9.32 Å². The van der Waals surface area contributed by atoms with E-state index in [0.29, 0.717) is 18.8 Å². The van der Waals surface area contributed by atoms with Crippen LogP contribution in [0, 0.1) is 13.8 Å². The van der Waals surface area contributed by atoms with E-state index in [9.17, 15) is 4.79 Å². The Kier molecular flexibility index (Phi) is 4.69. The molecular weight excluding hydrogens is 272 g/mol. The van der Waals surface area contributed by atoms with E-state index in [1.807, 2.05) is 20.8 Å². The Morgan fingerprint density at radius 1 is 1.52 bits per heavy atom. The highest BCUT2D eigenvalue weighted by atomic mass is 16.5. The van der Waals surface area contributed by atoms with E-state index < -0.39 is 0 Å². The number of aryl methyl sites for hydroxylation is 2. The number of carbonyl (C=O) groups excluding carboxylic acids is 1. The molecule has 3 N–H and O–H groups in total. The molecule has 0 aromatic carbocycles. The first-order valence-electron chi connectivity index (χ1n) is 6.90. The highest BCUT2D eigenvalue weighted by Gasteiger charge is 2.22. The number of nitrogens with zero attached hydrogens (tertiary/aromatic N) is 4. The van der Waals surface area contributed by atoms with Crippen molar-refractivity contribution in [3.8, 4) is 0 Å². The zero-order chi connectivity index (χ0) is 15.4. The number of nitrogens with two attached hydrogens (primary N) is 1. The summed E-state index contributed by atoms with van der Waals surface area (Å²) in [5, 5.41) is 14.6. The lowest BCUT2D eigenvalue weighted by atomic mass is 10.0. The van der Waals surface area contributed by atoms with Crippen molar-refractivity contribution in [2.24, 2.45) is 5.73 Å². The highest BCUT2D eigenvalue weighted by molar-refractivity contribution is 5.92. The Labute approximate surface area is 122 Å². The van der Waals surface area contributed by atoms with Gasteiger partial charge in [-0.3, -0.25) is 9.48 Å². The molecule has 0 saturated carbocycles. The zero-order valence-corrected chi connectivity index (χ0v) is 12.5. The van der Waals surface area contributed by atoms with Gasteiger partial charge in [0.25, 0.3) is 5.91 Å². The summed E-state index contributed by atoms with van der Waals surface area (Å²) in [6.45, 7) is 6.66. The largest absolute Gasteiger partial charge is 0.361 e. The summed E-state index contributed by atoms with van der Waals surface area (Å²) >= 11 is 0. The molecule has 0 spiro atoms. The summed E-state index contributed by atoms with van der Waals surface area (Å²) in [6, 6.07) is -0.164. The molecule has 114 valence electrons. The van der Waals surface area contributed by atoms with Crippen molar-refractivity contribution >= 4 is 5.91 Å². The molecular formula is C13H20N6O2. The summed E-state index contributed by atoms with van der Waals surface area (Å²) in [7, 11) is 0. The van der Waals surface area contributed by atoms with Gasteiger partial charge in [-0.1, -0.05) is 17.3 Å². The number of carbonyl (C=O) groups is 1. The topological polar surface area (TPSA) is 112 Å². The molecule has 2 rings (SSSR count). The van der Waals surface area contributed by atoms with Crippen LogP contribution in [0.4, 0.5) is 0 Å². The van der Waals surface area contributed by atoms with Crippen LogP contribution < -0.4 is 11.1 Å². The van der Waals surface area contributed by atoms with Crippen LogP contribution in [0.5, 0.6) is 0 Å². The van der Waals surface area contributed by atoms with Gasteiger partial charge in [0, 0.05) is 12.1 Å². The second-order valence-corrected chi connectivity index (χ2v) is 4.83. The van der Waals surface area contributed by atoms with Crippen LogP contribution in [0.25, 0.3) is 0 Å². The Hall–Kier alpha value is -2.22. The summed E-state index contributed by atoms with van der Waals surface area (Å²) in [5.74, 6) is 0.441. The van der Waals surface area contributed by atoms with Crippen molar-refractivity contribution in [2.75, 3.05) is 6.54 Å². The molecule has 1 unspecified atom stereocenters. The van der Waals surface area contributed by atoms with Crippen LogP contribution in [0.1, 0.15) is 46.9 Å². The highest BCUT2D eigenvalue weighted by Crippen LogP contribution is 2.24. The lowest BCUT2D eigenvalue weighted by molar-refractivity contribution is 0.0930. The number of rotatable bonds is 6. The van der Waals surface area contributed by atoms with Gasteiger partial charge < -0.3 is 15.6 Å². The molecule has 8 heteroatoms. The van der Waals surface area contributed by atoms with Gasteiger partial charge in [0.05, 0.1) is 24.5 Å². The maximum Gasteiger partial charge on any atom is 0.273 e. The minimum absolute atomic E-state index is 0.164. The van der Waals surface area contributed by atoms with Crippen LogP contribution in [0.15, 0.2) is 10.7 Å². The van der Waals surface area contributed by atoms with Crippen molar-refractivity contribution in [3.63, 3.8) is 0 Å². The summed E-state index contributed by atoms with van der Waals surface area (Å²) < 4.78 is 6.70. The fraction of sp³-hybridized carbons (Fsp3) is 0.538. The van der Waals surface area contributed by atoms with E-state index in [1.54, 1.807) is 10.9 Å². The molecule has 1 atom stereocenters. The second kappa shape index (κ2) is 6.49. The second-order valence-electron chi connectivity index (χ2n) is 4.83. The molecule has 21 heavy (non-hydrogen) atoms. The predicted octanol–water partition coefficient (Wildman–Crippen LogP) is 0.723. The normalized spacial score (nSPS) is 12.4. The van der Waals surface area contributed by atoms with Crippen LogP contribution >= 0.6 is 0 Å². The van der Waals surface area contributed by atoms with Gasteiger partial charge in [-0.2, -0.15) is 0 Å². The fourth-order valence-electron chi connectivity index (χ4n) is 2.24. The third-order valence-electron chi connectivity index (χ3n) is 3.28. The maximum absolute atomic E-state index is 12.2. The first kappa shape index (κ1) is 15.2. The molecule has 2 heterocycles. The molecule has 1 amide bonds. The molecule has 0 bridgehead atoms. The number of hydrogen-bond acceptors (Lipinski definition) is 6. The number of amides is 1. The van der Waals surface area contributed by atoms with Gasteiger partial charge in [0.15, 0.2) is 5.69 Å². The van der Waals surface area contributed by atoms with Gasteiger partial charge in [-0.15, -0.1) is 5.10 Å². The molecule has 8 nitrogen and oxygen atoms in total. The minimum atomic E-state index is -0.273. The molecule has 0 fully saturated rings. The van der Waals surface area contributed by atoms with Gasteiger partial charge in [-0.05, 0) is 20.3 Å². The van der Waals surface area contributed by atoms with E-state index in [0.717, 1.165) is 17.7 Å². The summed E-state index contributed by atoms with van der Waals surface area (Å²) in [6.07, 6.45) is 2.31. The van der Waals surface area contributed by atoms with E-state index in [-0.39, 0.29) is 17.6 Å². The van der Waals surface area contributed by atoms with Gasteiger partial charge >= 0.3 is 0 Å². The van der Waals surface area contributed by atoms with E-state index in [1.165, 1.54) is 0 Å². The Bertz CT molecular complexity index is 598. The van der Waals surface area contributed by atoms with Gasteiger partial charge in [0.1, 0.15) is 5.76 Å². The minimum Gasteiger partial charge on any atom is -0.361 e. The van der Waals surface area contributed by atoms with Crippen molar-refractivity contribution in [1.82, 2.24) is 25.5 Å². The first-order valence-corrected chi connectivity index (χ1v) is 6.90. The lowest BCUT2D eigenvalue weighted by Crippen LogP contribution is -2.29. The Morgan fingerprint density at radius 2 is 2.29 bits per heavy atom. The standard InChI is InChI=1S/C13H20N6O2/c1-4-10(12-8(2)17-21-9(12)3)15-13(20)11-7-19(6-5-14)18-16-11/h7,10H,4-6,14H2,1-3H3,(H,15,20). The van der Waals surface area contributed by atoms with Crippen LogP contribution in [0.3, 0.4) is 0 Å². The summed E-state index contributed by atoms with van der Waals surface area (Å²) in [4.78, 5) is 12.2. The third-order valence-corrected chi connectivity index (χ3v) is 3.28. The van der Waals surface area contributed by atoms with E-state index in [2.05, 4.69) is 20.8 Å². The quantitative estimate of drug-likeness (QED) is 0.811. The van der Waals surface area contributed by atoms with Crippen LogP contribution in [-0.4, -0.2) is 32.6 Å². The predicted molar refractivity (Wildman–Crippen MR) is 75.6 cm³/mol. The monoisotopic (exact) mass is 292 g/mol. The SMILES string of the molecule is CCC(NC(=O)c1cn(CCN)nn1)c1c(C)noc1C. The van der Waals surface area contributed by atoms with Crippen molar-refractivity contribution in [3.05, 3.63) is 28.9 Å². The molecule has 0 aliphatic carbocycles. The Morgan fingerprint density at radius 3 is 2.86 bits per heavy atom. The molecule has 0 aliphatic rings. The molecule has 0 aliphatic heterocycles. The average molecular weight is 292 g/mol. The number of nitrogens with one attached hydrogen (secondary N) is 1. The maximum atomic E-state index is 12.2. The third kappa shape index (κ3) is 3.27. The lowest BCUT2D eigenvalue weighted by Gasteiger charge is -2.15. The van der Waals surface area contributed by atoms with Gasteiger partial charge in [0.2, 0.25) is 0 Å². The zero-order valence-electron chi connectivity index (χ0n) is 12.5. The van der Waals surface area contributed by atoms with Crippen molar-refractivity contribution in [2.45, 2.75) is 39.8 Å². The average Bonchev–Trinajstić information content (AvgIpc) is 3.05. The smallest absolute Gasteiger partial charge is 0.273 e. The first-order chi connectivity index (χ1) is 10.1. The van der Waals surface area contributed by atoms with E-state index >= 15 is 0 Å². The fourth-order valence-corrected chi connectivity index (χ4v) is 2.24. The number of hydrogen-bond donors (Lipinski definition) is 2. The van der Waals surface area contributed by atoms with Crippen LogP contribution in [-0.2, 0) is 6.54 Å². The molecule has 2 aromatic heterocycles. The molecule has 0 radical (unpaired) electrons. The molecule has 0 saturated heterocycles. The van der Waals surface area contributed by atoms with E-state index in [4.69, 9.17) is 10.3 Å². The van der Waals surface area contributed by atoms with Crippen LogP contribution in [0.2, 0.25) is 0 Å². The molecule has 2 aromatic rings. The van der Waals surface area contributed by atoms with Crippen molar-refractivity contribution in [1.29, 1.82) is 0 Å². The number of aromatic nitrogens is 4. The Balaban J connectivity index is 2.12. The van der Waals surface area contributed by atoms with Gasteiger partial charge in [-0.25, -0.2) is 0 Å². The summed E-state index contributed by atoms with van der Waals surface area (Å²) in [5.41, 5.74) is 7.41.